The molecule has 0 N–H and O–H groups in total. The lowest BCUT2D eigenvalue weighted by molar-refractivity contribution is -0.154. The highest BCUT2D eigenvalue weighted by atomic mass is 79.9. The number of fused-ring (bicyclic) bond motifs is 1. The van der Waals surface area contributed by atoms with Crippen molar-refractivity contribution in [1.82, 2.24) is 9.55 Å². The van der Waals surface area contributed by atoms with E-state index in [1.165, 1.54) is 0 Å². The van der Waals surface area contributed by atoms with Gasteiger partial charge >= 0.3 is 5.97 Å². The third-order valence-corrected chi connectivity index (χ3v) is 3.22. The molecular formula is C15H19BrN2O2. The number of halogens is 1. The predicted molar refractivity (Wildman–Crippen MR) is 82.5 cm³/mol. The van der Waals surface area contributed by atoms with Crippen LogP contribution >= 0.6 is 15.9 Å². The van der Waals surface area contributed by atoms with Crippen molar-refractivity contribution in [2.24, 2.45) is 0 Å². The first-order chi connectivity index (χ1) is 9.35. The normalized spacial score (nSPS) is 11.8. The first-order valence-electron chi connectivity index (χ1n) is 6.68. The van der Waals surface area contributed by atoms with Gasteiger partial charge in [-0.1, -0.05) is 0 Å². The van der Waals surface area contributed by atoms with Crippen LogP contribution in [0.2, 0.25) is 0 Å². The fraction of sp³-hybridized carbons (Fsp3) is 0.467. The summed E-state index contributed by atoms with van der Waals surface area (Å²) in [6.45, 7) is 6.40. The number of pyridine rings is 1. The second-order valence-corrected chi connectivity index (χ2v) is 6.56. The molecule has 2 rings (SSSR count). The van der Waals surface area contributed by atoms with E-state index >= 15 is 0 Å². The van der Waals surface area contributed by atoms with E-state index in [1.807, 2.05) is 45.2 Å². The molecule has 0 spiro atoms. The Morgan fingerprint density at radius 2 is 2.10 bits per heavy atom. The third kappa shape index (κ3) is 4.07. The lowest BCUT2D eigenvalue weighted by Gasteiger charge is -2.19. The summed E-state index contributed by atoms with van der Waals surface area (Å²) in [5, 5.41) is 1.10. The van der Waals surface area contributed by atoms with Gasteiger partial charge in [-0.3, -0.25) is 4.79 Å². The summed E-state index contributed by atoms with van der Waals surface area (Å²) < 4.78 is 8.17. The Morgan fingerprint density at radius 3 is 2.80 bits per heavy atom. The second-order valence-electron chi connectivity index (χ2n) is 5.75. The van der Waals surface area contributed by atoms with E-state index in [1.54, 1.807) is 0 Å². The molecule has 0 aliphatic carbocycles. The minimum Gasteiger partial charge on any atom is -0.460 e. The number of nitrogens with zero attached hydrogens (tertiary/aromatic N) is 2. The highest BCUT2D eigenvalue weighted by molar-refractivity contribution is 9.10. The highest BCUT2D eigenvalue weighted by Crippen LogP contribution is 2.18. The Labute approximate surface area is 127 Å². The van der Waals surface area contributed by atoms with Crippen molar-refractivity contribution in [3.05, 3.63) is 29.0 Å². The van der Waals surface area contributed by atoms with Crippen LogP contribution in [0.4, 0.5) is 0 Å². The third-order valence-electron chi connectivity index (χ3n) is 2.78. The van der Waals surface area contributed by atoms with Gasteiger partial charge < -0.3 is 9.30 Å². The fourth-order valence-electron chi connectivity index (χ4n) is 2.00. The molecule has 0 aromatic carbocycles. The molecule has 0 radical (unpaired) electrons. The molecule has 2 heterocycles. The molecule has 2 aromatic heterocycles. The van der Waals surface area contributed by atoms with Crippen LogP contribution in [0.5, 0.6) is 0 Å². The lowest BCUT2D eigenvalue weighted by atomic mass is 10.2. The summed E-state index contributed by atoms with van der Waals surface area (Å²) in [6, 6.07) is 5.98. The molecule has 0 saturated heterocycles. The smallest absolute Gasteiger partial charge is 0.306 e. The van der Waals surface area contributed by atoms with Gasteiger partial charge in [0.25, 0.3) is 0 Å². The quantitative estimate of drug-likeness (QED) is 0.626. The number of hydrogen-bond donors (Lipinski definition) is 0. The molecule has 0 amide bonds. The molecule has 108 valence electrons. The van der Waals surface area contributed by atoms with Gasteiger partial charge in [-0.25, -0.2) is 4.98 Å². The molecule has 0 atom stereocenters. The standard InChI is InChI=1S/C15H19BrN2O2/c1-15(2,3)20-13(19)5-4-9-18-10-8-11-6-7-12(16)17-14(11)18/h6-8,10H,4-5,9H2,1-3H3. The average Bonchev–Trinajstić information content (AvgIpc) is 2.69. The number of ether oxygens (including phenoxy) is 1. The molecule has 0 fully saturated rings. The molecule has 20 heavy (non-hydrogen) atoms. The summed E-state index contributed by atoms with van der Waals surface area (Å²) in [5.74, 6) is -0.150. The Kier molecular flexibility index (Phi) is 4.48. The number of rotatable bonds is 4. The van der Waals surface area contributed by atoms with Crippen molar-refractivity contribution in [3.8, 4) is 0 Å². The topological polar surface area (TPSA) is 44.1 Å². The number of aryl methyl sites for hydroxylation is 1. The van der Waals surface area contributed by atoms with Gasteiger partial charge in [-0.15, -0.1) is 0 Å². The maximum absolute atomic E-state index is 11.7. The van der Waals surface area contributed by atoms with Gasteiger partial charge in [0.1, 0.15) is 15.9 Å². The minimum atomic E-state index is -0.413. The molecule has 0 saturated carbocycles. The second kappa shape index (κ2) is 5.95. The van der Waals surface area contributed by atoms with Gasteiger partial charge in [0.2, 0.25) is 0 Å². The Bertz CT molecular complexity index is 614. The average molecular weight is 339 g/mol. The van der Waals surface area contributed by atoms with Gasteiger partial charge in [0, 0.05) is 24.5 Å². The molecule has 5 heteroatoms. The Morgan fingerprint density at radius 1 is 1.35 bits per heavy atom. The van der Waals surface area contributed by atoms with Crippen molar-refractivity contribution in [2.75, 3.05) is 0 Å². The van der Waals surface area contributed by atoms with Crippen LogP contribution < -0.4 is 0 Å². The summed E-state index contributed by atoms with van der Waals surface area (Å²) in [4.78, 5) is 16.1. The van der Waals surface area contributed by atoms with Crippen LogP contribution in [0.1, 0.15) is 33.6 Å². The van der Waals surface area contributed by atoms with E-state index in [2.05, 4.69) is 25.5 Å². The lowest BCUT2D eigenvalue weighted by Crippen LogP contribution is -2.23. The van der Waals surface area contributed by atoms with Crippen molar-refractivity contribution >= 4 is 32.9 Å². The predicted octanol–water partition coefficient (Wildman–Crippen LogP) is 3.92. The van der Waals surface area contributed by atoms with E-state index in [0.717, 1.165) is 28.6 Å². The van der Waals surface area contributed by atoms with Crippen molar-refractivity contribution in [1.29, 1.82) is 0 Å². The first-order valence-corrected chi connectivity index (χ1v) is 7.48. The van der Waals surface area contributed by atoms with E-state index in [9.17, 15) is 4.79 Å². The number of hydrogen-bond acceptors (Lipinski definition) is 3. The molecular weight excluding hydrogens is 320 g/mol. The van der Waals surface area contributed by atoms with Crippen LogP contribution in [0, 0.1) is 0 Å². The van der Waals surface area contributed by atoms with Gasteiger partial charge in [-0.2, -0.15) is 0 Å². The first kappa shape index (κ1) is 15.0. The maximum atomic E-state index is 11.7. The number of carbonyl (C=O) groups excluding carboxylic acids is 1. The van der Waals surface area contributed by atoms with E-state index in [-0.39, 0.29) is 5.97 Å². The zero-order valence-corrected chi connectivity index (χ0v) is 13.6. The number of aromatic nitrogens is 2. The molecule has 0 unspecified atom stereocenters. The van der Waals surface area contributed by atoms with Crippen molar-refractivity contribution in [2.45, 2.75) is 45.8 Å². The molecule has 0 aliphatic rings. The minimum absolute atomic E-state index is 0.150. The maximum Gasteiger partial charge on any atom is 0.306 e. The van der Waals surface area contributed by atoms with Crippen molar-refractivity contribution in [3.63, 3.8) is 0 Å². The Hall–Kier alpha value is -1.36. The number of esters is 1. The fourth-order valence-corrected chi connectivity index (χ4v) is 2.30. The van der Waals surface area contributed by atoms with E-state index < -0.39 is 5.60 Å². The van der Waals surface area contributed by atoms with Gasteiger partial charge in [0.05, 0.1) is 0 Å². The largest absolute Gasteiger partial charge is 0.460 e. The molecule has 4 nitrogen and oxygen atoms in total. The summed E-state index contributed by atoms with van der Waals surface area (Å²) in [7, 11) is 0. The van der Waals surface area contributed by atoms with E-state index in [4.69, 9.17) is 4.74 Å². The SMILES string of the molecule is CC(C)(C)OC(=O)CCCn1ccc2ccc(Br)nc21. The molecule has 0 bridgehead atoms. The Balaban J connectivity index is 1.93. The van der Waals surface area contributed by atoms with Gasteiger partial charge in [-0.05, 0) is 61.3 Å². The van der Waals surface area contributed by atoms with Crippen LogP contribution in [0.15, 0.2) is 29.0 Å². The van der Waals surface area contributed by atoms with Crippen LogP contribution in [-0.2, 0) is 16.1 Å². The zero-order valence-electron chi connectivity index (χ0n) is 12.0. The summed E-state index contributed by atoms with van der Waals surface area (Å²) in [6.07, 6.45) is 3.16. The number of carbonyl (C=O) groups is 1. The molecule has 0 aliphatic heterocycles. The van der Waals surface area contributed by atoms with Gasteiger partial charge in [0.15, 0.2) is 0 Å². The van der Waals surface area contributed by atoms with Crippen LogP contribution in [0.25, 0.3) is 11.0 Å². The molecule has 2 aromatic rings. The monoisotopic (exact) mass is 338 g/mol. The summed E-state index contributed by atoms with van der Waals surface area (Å²) >= 11 is 3.38. The van der Waals surface area contributed by atoms with Crippen LogP contribution in [0.3, 0.4) is 0 Å². The zero-order chi connectivity index (χ0) is 14.8. The van der Waals surface area contributed by atoms with Crippen LogP contribution in [-0.4, -0.2) is 21.1 Å². The van der Waals surface area contributed by atoms with Crippen molar-refractivity contribution < 1.29 is 9.53 Å². The van der Waals surface area contributed by atoms with E-state index in [0.29, 0.717) is 6.42 Å². The summed E-state index contributed by atoms with van der Waals surface area (Å²) in [5.41, 5.74) is 0.521. The highest BCUT2D eigenvalue weighted by Gasteiger charge is 2.15.